The first-order valence-electron chi connectivity index (χ1n) is 6.20. The number of fused-ring (bicyclic) bond motifs is 1. The first-order valence-corrected chi connectivity index (χ1v) is 6.58. The summed E-state index contributed by atoms with van der Waals surface area (Å²) in [6.07, 6.45) is 3.05. The molecule has 0 aliphatic rings. The minimum Gasteiger partial charge on any atom is -0.452 e. The number of halogens is 1. The lowest BCUT2D eigenvalue weighted by Crippen LogP contribution is -2.00. The number of aromatic nitrogens is 4. The van der Waals surface area contributed by atoms with E-state index in [1.165, 1.54) is 6.20 Å². The van der Waals surface area contributed by atoms with Gasteiger partial charge >= 0.3 is 0 Å². The quantitative estimate of drug-likeness (QED) is 0.687. The van der Waals surface area contributed by atoms with E-state index < -0.39 is 0 Å². The number of hydrogen-bond acceptors (Lipinski definition) is 6. The zero-order chi connectivity index (χ0) is 15.0. The maximum atomic E-state index is 6.25. The van der Waals surface area contributed by atoms with Crippen LogP contribution in [-0.2, 0) is 0 Å². The molecule has 0 spiro atoms. The van der Waals surface area contributed by atoms with Gasteiger partial charge in [0, 0.05) is 18.1 Å². The lowest BCUT2D eigenvalue weighted by Gasteiger charge is -2.11. The Kier molecular flexibility index (Phi) is 3.26. The summed E-state index contributed by atoms with van der Waals surface area (Å²) in [5.74, 6) is 1.26. The minimum atomic E-state index is 0.314. The van der Waals surface area contributed by atoms with Gasteiger partial charge in [-0.2, -0.15) is 5.10 Å². The minimum absolute atomic E-state index is 0.314. The second-order valence-electron chi connectivity index (χ2n) is 4.44. The van der Waals surface area contributed by atoms with Gasteiger partial charge in [0.2, 0.25) is 0 Å². The van der Waals surface area contributed by atoms with Crippen molar-refractivity contribution in [3.05, 3.63) is 29.2 Å². The van der Waals surface area contributed by atoms with E-state index in [-0.39, 0.29) is 0 Å². The van der Waals surface area contributed by atoms with Crippen LogP contribution in [0.25, 0.3) is 11.0 Å². The Morgan fingerprint density at radius 1 is 1.33 bits per heavy atom. The van der Waals surface area contributed by atoms with Crippen molar-refractivity contribution >= 4 is 34.1 Å². The summed E-state index contributed by atoms with van der Waals surface area (Å²) >= 11 is 6.25. The van der Waals surface area contributed by atoms with Crippen molar-refractivity contribution in [1.29, 1.82) is 0 Å². The Balaban J connectivity index is 2.00. The summed E-state index contributed by atoms with van der Waals surface area (Å²) < 4.78 is 5.74. The summed E-state index contributed by atoms with van der Waals surface area (Å²) in [6, 6.07) is 1.84. The predicted molar refractivity (Wildman–Crippen MR) is 81.9 cm³/mol. The number of pyridine rings is 2. The third-order valence-electron chi connectivity index (χ3n) is 3.07. The topological polar surface area (TPSA) is 102 Å². The highest BCUT2D eigenvalue weighted by Gasteiger charge is 2.13. The van der Waals surface area contributed by atoms with Gasteiger partial charge in [-0.05, 0) is 13.0 Å². The van der Waals surface area contributed by atoms with Crippen molar-refractivity contribution in [3.63, 3.8) is 0 Å². The largest absolute Gasteiger partial charge is 0.452 e. The van der Waals surface area contributed by atoms with Crippen molar-refractivity contribution < 1.29 is 4.74 Å². The van der Waals surface area contributed by atoms with Gasteiger partial charge < -0.3 is 15.8 Å². The van der Waals surface area contributed by atoms with Crippen LogP contribution in [0, 0.1) is 6.92 Å². The zero-order valence-electron chi connectivity index (χ0n) is 11.4. The van der Waals surface area contributed by atoms with Gasteiger partial charge in [0.15, 0.2) is 11.4 Å². The Morgan fingerprint density at radius 2 is 2.14 bits per heavy atom. The summed E-state index contributed by atoms with van der Waals surface area (Å²) in [6.45, 7) is 1.91. The van der Waals surface area contributed by atoms with Crippen LogP contribution in [0.5, 0.6) is 11.5 Å². The molecule has 4 N–H and O–H groups in total. The molecule has 3 rings (SSSR count). The van der Waals surface area contributed by atoms with E-state index in [9.17, 15) is 0 Å². The Hall–Kier alpha value is -2.54. The van der Waals surface area contributed by atoms with E-state index in [4.69, 9.17) is 22.1 Å². The molecule has 8 heteroatoms. The number of ether oxygens (including phenoxy) is 1. The Bertz CT molecular complexity index is 816. The fraction of sp³-hybridized carbons (Fsp3) is 0.154. The van der Waals surface area contributed by atoms with E-state index in [0.29, 0.717) is 33.7 Å². The molecule has 0 bridgehead atoms. The predicted octanol–water partition coefficient (Wildman–Crippen LogP) is 2.73. The van der Waals surface area contributed by atoms with Crippen LogP contribution in [0.1, 0.15) is 5.69 Å². The zero-order valence-corrected chi connectivity index (χ0v) is 12.2. The van der Waals surface area contributed by atoms with E-state index in [0.717, 1.165) is 11.1 Å². The number of hydrogen-bond donors (Lipinski definition) is 3. The molecule has 3 aromatic rings. The molecule has 7 nitrogen and oxygen atoms in total. The second kappa shape index (κ2) is 5.10. The van der Waals surface area contributed by atoms with Crippen LogP contribution in [0.3, 0.4) is 0 Å². The fourth-order valence-corrected chi connectivity index (χ4v) is 2.26. The van der Waals surface area contributed by atoms with Gasteiger partial charge in [-0.1, -0.05) is 11.6 Å². The number of anilines is 2. The molecule has 0 fully saturated rings. The summed E-state index contributed by atoms with van der Waals surface area (Å²) in [7, 11) is 1.71. The maximum Gasteiger partial charge on any atom is 0.181 e. The monoisotopic (exact) mass is 304 g/mol. The highest BCUT2D eigenvalue weighted by Crippen LogP contribution is 2.37. The third kappa shape index (κ3) is 2.31. The number of aromatic amines is 1. The van der Waals surface area contributed by atoms with Crippen molar-refractivity contribution in [2.45, 2.75) is 6.92 Å². The molecule has 0 aromatic carbocycles. The van der Waals surface area contributed by atoms with Crippen LogP contribution in [0.4, 0.5) is 11.5 Å². The van der Waals surface area contributed by atoms with Crippen LogP contribution < -0.4 is 15.8 Å². The number of nitrogens with two attached hydrogens (primary N) is 1. The smallest absolute Gasteiger partial charge is 0.181 e. The van der Waals surface area contributed by atoms with Crippen molar-refractivity contribution in [2.75, 3.05) is 18.1 Å². The average molecular weight is 305 g/mol. The SMILES string of the molecule is CNc1c(N)ncc(Oc2cnc3n[nH]c(C)c3c2)c1Cl. The van der Waals surface area contributed by atoms with Crippen LogP contribution in [-0.4, -0.2) is 27.2 Å². The lowest BCUT2D eigenvalue weighted by molar-refractivity contribution is 0.479. The average Bonchev–Trinajstić information content (AvgIpc) is 2.84. The summed E-state index contributed by atoms with van der Waals surface area (Å²) in [5.41, 5.74) is 7.82. The van der Waals surface area contributed by atoms with Crippen LogP contribution in [0.15, 0.2) is 18.5 Å². The molecule has 0 saturated heterocycles. The molecule has 3 heterocycles. The van der Waals surface area contributed by atoms with Crippen molar-refractivity contribution in [3.8, 4) is 11.5 Å². The number of nitrogen functional groups attached to an aromatic ring is 1. The molecular formula is C13H13ClN6O. The first-order chi connectivity index (χ1) is 10.1. The highest BCUT2D eigenvalue weighted by atomic mass is 35.5. The second-order valence-corrected chi connectivity index (χ2v) is 4.82. The first kappa shape index (κ1) is 13.4. The van der Waals surface area contributed by atoms with E-state index in [1.54, 1.807) is 13.2 Å². The summed E-state index contributed by atoms with van der Waals surface area (Å²) in [5, 5.41) is 11.1. The van der Waals surface area contributed by atoms with Gasteiger partial charge in [-0.15, -0.1) is 0 Å². The normalized spacial score (nSPS) is 10.8. The highest BCUT2D eigenvalue weighted by molar-refractivity contribution is 6.35. The van der Waals surface area contributed by atoms with Gasteiger partial charge in [0.05, 0.1) is 18.1 Å². The number of aryl methyl sites for hydroxylation is 1. The van der Waals surface area contributed by atoms with Gasteiger partial charge in [-0.25, -0.2) is 9.97 Å². The van der Waals surface area contributed by atoms with E-state index in [1.807, 2.05) is 13.0 Å². The molecule has 108 valence electrons. The van der Waals surface area contributed by atoms with Crippen LogP contribution in [0.2, 0.25) is 5.02 Å². The number of nitrogens with zero attached hydrogens (tertiary/aromatic N) is 3. The number of H-pyrrole nitrogens is 1. The molecule has 0 atom stereocenters. The maximum absolute atomic E-state index is 6.25. The van der Waals surface area contributed by atoms with Gasteiger partial charge in [0.1, 0.15) is 16.6 Å². The third-order valence-corrected chi connectivity index (χ3v) is 3.44. The Labute approximate surface area is 125 Å². The van der Waals surface area contributed by atoms with Crippen LogP contribution >= 0.6 is 11.6 Å². The van der Waals surface area contributed by atoms with Gasteiger partial charge in [0.25, 0.3) is 0 Å². The molecule has 0 aliphatic heterocycles. The molecule has 21 heavy (non-hydrogen) atoms. The Morgan fingerprint density at radius 3 is 2.90 bits per heavy atom. The van der Waals surface area contributed by atoms with E-state index >= 15 is 0 Å². The van der Waals surface area contributed by atoms with Crippen molar-refractivity contribution in [2.24, 2.45) is 0 Å². The summed E-state index contributed by atoms with van der Waals surface area (Å²) in [4.78, 5) is 8.26. The van der Waals surface area contributed by atoms with Crippen molar-refractivity contribution in [1.82, 2.24) is 20.2 Å². The molecule has 0 saturated carbocycles. The standard InChI is InChI=1S/C13H13ClN6O/c1-6-8-3-7(4-18-13(8)20-19-6)21-9-5-17-12(15)11(16-2)10(9)14/h3-5,16H,1-2H3,(H2,15,17)(H,18,19,20). The molecular weight excluding hydrogens is 292 g/mol. The molecule has 0 amide bonds. The molecule has 0 radical (unpaired) electrons. The number of nitrogens with one attached hydrogen (secondary N) is 2. The van der Waals surface area contributed by atoms with E-state index in [2.05, 4.69) is 25.5 Å². The fourth-order valence-electron chi connectivity index (χ4n) is 1.98. The lowest BCUT2D eigenvalue weighted by atomic mass is 10.3. The molecule has 0 unspecified atom stereocenters. The van der Waals surface area contributed by atoms with Gasteiger partial charge in [-0.3, -0.25) is 5.10 Å². The molecule has 3 aromatic heterocycles. The number of rotatable bonds is 3. The molecule has 0 aliphatic carbocycles.